The number of aliphatic imine (C=N–C) groups is 2. The molecule has 0 radical (unpaired) electrons. The van der Waals surface area contributed by atoms with Gasteiger partial charge in [0, 0.05) is 55.6 Å². The maximum Gasteiger partial charge on any atom is 0.284 e. The topological polar surface area (TPSA) is 94.7 Å². The Morgan fingerprint density at radius 1 is 1.09 bits per heavy atom. The number of amidine groups is 1. The van der Waals surface area contributed by atoms with E-state index >= 15 is 0 Å². The number of non-ortho nitro benzene ring substituents is 1. The Balaban J connectivity index is 1.60. The van der Waals surface area contributed by atoms with Crippen molar-refractivity contribution in [2.24, 2.45) is 9.98 Å². The molecule has 3 aliphatic heterocycles. The number of nitrogens with zero attached hydrogens (tertiary/aromatic N) is 6. The lowest BCUT2D eigenvalue weighted by molar-refractivity contribution is -0.384. The van der Waals surface area contributed by atoms with E-state index in [0.717, 1.165) is 26.2 Å². The van der Waals surface area contributed by atoms with Crippen LogP contribution < -0.4 is 4.90 Å². The molecular weight excluding hydrogens is 426 g/mol. The molecule has 0 unspecified atom stereocenters. The molecule has 3 heterocycles. The summed E-state index contributed by atoms with van der Waals surface area (Å²) >= 11 is 0. The molecule has 0 aromatic heterocycles. The highest BCUT2D eigenvalue weighted by atomic mass is 18.2. The van der Waals surface area contributed by atoms with Crippen LogP contribution in [-0.4, -0.2) is 71.9 Å². The molecule has 1 fully saturated rings. The molecule has 1 amide bonds. The van der Waals surface area contributed by atoms with Gasteiger partial charge in [-0.25, -0.2) is 9.38 Å². The van der Waals surface area contributed by atoms with Crippen molar-refractivity contribution in [3.8, 4) is 0 Å². The number of amides is 1. The summed E-state index contributed by atoms with van der Waals surface area (Å²) in [4.78, 5) is 39.1. The van der Waals surface area contributed by atoms with Gasteiger partial charge in [0.25, 0.3) is 11.6 Å². The number of likely N-dealkylation sites (N-methyl/N-ethyl adjacent to an activating group) is 1. The number of nitro benzene ring substituents is 1. The minimum atomic E-state index is -0.524. The van der Waals surface area contributed by atoms with Crippen molar-refractivity contribution in [3.63, 3.8) is 0 Å². The number of carbonyl (C=O) groups is 1. The van der Waals surface area contributed by atoms with E-state index in [2.05, 4.69) is 26.8 Å². The summed E-state index contributed by atoms with van der Waals surface area (Å²) < 4.78 is 14.6. The van der Waals surface area contributed by atoms with Crippen molar-refractivity contribution in [1.29, 1.82) is 0 Å². The van der Waals surface area contributed by atoms with Crippen LogP contribution in [0.4, 0.5) is 15.8 Å². The molecule has 2 aromatic rings. The maximum absolute atomic E-state index is 14.6. The first kappa shape index (κ1) is 21.0. The third kappa shape index (κ3) is 3.78. The van der Waals surface area contributed by atoms with Crippen molar-refractivity contribution in [2.75, 3.05) is 44.7 Å². The van der Waals surface area contributed by atoms with Crippen molar-refractivity contribution < 1.29 is 14.1 Å². The van der Waals surface area contributed by atoms with Gasteiger partial charge in [-0.05, 0) is 25.2 Å². The molecule has 9 nitrogen and oxygen atoms in total. The molecule has 168 valence electrons. The van der Waals surface area contributed by atoms with Gasteiger partial charge >= 0.3 is 0 Å². The number of rotatable bonds is 3. The highest BCUT2D eigenvalue weighted by Crippen LogP contribution is 2.34. The number of benzene rings is 2. The molecule has 1 saturated heterocycles. The first-order chi connectivity index (χ1) is 15.9. The highest BCUT2D eigenvalue weighted by Gasteiger charge is 2.37. The summed E-state index contributed by atoms with van der Waals surface area (Å²) in [5.41, 5.74) is 1.30. The average molecular weight is 447 g/mol. The Kier molecular flexibility index (Phi) is 5.21. The quantitative estimate of drug-likeness (QED) is 0.409. The fourth-order valence-corrected chi connectivity index (χ4v) is 4.17. The summed E-state index contributed by atoms with van der Waals surface area (Å²) in [6.45, 7) is 3.40. The van der Waals surface area contributed by atoms with Gasteiger partial charge in [0.15, 0.2) is 0 Å². The van der Waals surface area contributed by atoms with E-state index in [9.17, 15) is 19.3 Å². The summed E-state index contributed by atoms with van der Waals surface area (Å²) in [6.07, 6.45) is 1.77. The van der Waals surface area contributed by atoms with Crippen LogP contribution in [0.15, 0.2) is 64.3 Å². The Labute approximate surface area is 189 Å². The molecule has 33 heavy (non-hydrogen) atoms. The number of nitro groups is 1. The SMILES string of the molecule is CN1CCN(C=C2N=C3CN=C(c4ccccc4[18F])c4cc([N+](=O)[O-])ccc4N3C2=O)CC1. The summed E-state index contributed by atoms with van der Waals surface area (Å²) in [6, 6.07) is 10.3. The van der Waals surface area contributed by atoms with Crippen molar-refractivity contribution in [2.45, 2.75) is 0 Å². The van der Waals surface area contributed by atoms with Crippen LogP contribution in [0.1, 0.15) is 11.1 Å². The molecule has 0 spiro atoms. The zero-order valence-corrected chi connectivity index (χ0v) is 17.9. The lowest BCUT2D eigenvalue weighted by Crippen LogP contribution is -2.42. The Morgan fingerprint density at radius 2 is 1.85 bits per heavy atom. The molecule has 5 rings (SSSR count). The van der Waals surface area contributed by atoms with Crippen LogP contribution in [0.2, 0.25) is 0 Å². The number of carbonyl (C=O) groups excluding carboxylic acids is 1. The lowest BCUT2D eigenvalue weighted by Gasteiger charge is -2.31. The predicted octanol–water partition coefficient (Wildman–Crippen LogP) is 2.42. The van der Waals surface area contributed by atoms with Gasteiger partial charge in [0.2, 0.25) is 0 Å². The molecule has 0 bridgehead atoms. The fourth-order valence-electron chi connectivity index (χ4n) is 4.17. The minimum Gasteiger partial charge on any atom is -0.373 e. The second kappa shape index (κ2) is 8.21. The van der Waals surface area contributed by atoms with E-state index in [-0.39, 0.29) is 29.4 Å². The van der Waals surface area contributed by atoms with Crippen LogP contribution in [0.25, 0.3) is 0 Å². The standard InChI is InChI=1S/C23H21FN6O3/c1-27-8-10-28(11-9-27)14-19-23(31)29-20-7-6-15(30(32)33)12-17(20)22(25-13-21(29)26-19)16-4-2-3-5-18(16)24/h2-7,12,14H,8-11,13H2,1H3/i24-1. The Bertz CT molecular complexity index is 1250. The summed E-state index contributed by atoms with van der Waals surface area (Å²) in [7, 11) is 2.05. The van der Waals surface area contributed by atoms with E-state index in [1.54, 1.807) is 24.4 Å². The number of anilines is 1. The van der Waals surface area contributed by atoms with Crippen molar-refractivity contribution in [1.82, 2.24) is 9.80 Å². The monoisotopic (exact) mass is 447 g/mol. The van der Waals surface area contributed by atoms with Gasteiger partial charge in [-0.2, -0.15) is 0 Å². The Morgan fingerprint density at radius 3 is 2.58 bits per heavy atom. The van der Waals surface area contributed by atoms with E-state index < -0.39 is 10.7 Å². The number of hydrogen-bond donors (Lipinski definition) is 0. The number of hydrogen-bond acceptors (Lipinski definition) is 7. The van der Waals surface area contributed by atoms with Gasteiger partial charge in [0.05, 0.1) is 22.9 Å². The average Bonchev–Trinajstić information content (AvgIpc) is 3.01. The number of piperazine rings is 1. The van der Waals surface area contributed by atoms with Crippen LogP contribution in [-0.2, 0) is 4.79 Å². The van der Waals surface area contributed by atoms with Crippen LogP contribution in [0.5, 0.6) is 0 Å². The van der Waals surface area contributed by atoms with E-state index in [0.29, 0.717) is 22.8 Å². The number of fused-ring (bicyclic) bond motifs is 3. The molecule has 0 atom stereocenters. The van der Waals surface area contributed by atoms with E-state index in [1.165, 1.54) is 29.2 Å². The summed E-state index contributed by atoms with van der Waals surface area (Å²) in [5.74, 6) is -0.425. The van der Waals surface area contributed by atoms with Gasteiger partial charge < -0.3 is 9.80 Å². The Hall–Kier alpha value is -3.92. The molecule has 0 N–H and O–H groups in total. The highest BCUT2D eigenvalue weighted by molar-refractivity contribution is 6.32. The molecular formula is C23H21FN6O3. The largest absolute Gasteiger partial charge is 0.373 e. The summed E-state index contributed by atoms with van der Waals surface area (Å²) in [5, 5.41) is 11.4. The molecule has 0 aliphatic carbocycles. The maximum atomic E-state index is 14.6. The first-order valence-electron chi connectivity index (χ1n) is 10.6. The van der Waals surface area contributed by atoms with Crippen LogP contribution in [0.3, 0.4) is 0 Å². The van der Waals surface area contributed by atoms with Gasteiger partial charge in [-0.3, -0.25) is 24.8 Å². The van der Waals surface area contributed by atoms with Gasteiger partial charge in [-0.1, -0.05) is 12.1 Å². The third-order valence-corrected chi connectivity index (χ3v) is 5.97. The predicted molar refractivity (Wildman–Crippen MR) is 122 cm³/mol. The second-order valence-electron chi connectivity index (χ2n) is 8.13. The van der Waals surface area contributed by atoms with E-state index in [1.807, 2.05) is 0 Å². The smallest absolute Gasteiger partial charge is 0.284 e. The third-order valence-electron chi connectivity index (χ3n) is 5.97. The lowest BCUT2D eigenvalue weighted by atomic mass is 9.99. The van der Waals surface area contributed by atoms with Gasteiger partial charge in [-0.15, -0.1) is 0 Å². The van der Waals surface area contributed by atoms with Gasteiger partial charge in [0.1, 0.15) is 17.3 Å². The molecule has 2 aromatic carbocycles. The molecule has 3 aliphatic rings. The molecule has 10 heteroatoms. The van der Waals surface area contributed by atoms with E-state index in [4.69, 9.17) is 0 Å². The van der Waals surface area contributed by atoms with Crippen LogP contribution in [0, 0.1) is 15.9 Å². The van der Waals surface area contributed by atoms with Crippen molar-refractivity contribution in [3.05, 3.63) is 81.4 Å². The normalized spacial score (nSPS) is 19.7. The zero-order valence-electron chi connectivity index (χ0n) is 17.9. The number of halogens is 1. The fraction of sp³-hybridized carbons (Fsp3) is 0.261. The molecule has 0 saturated carbocycles. The van der Waals surface area contributed by atoms with Crippen molar-refractivity contribution >= 4 is 28.8 Å². The minimum absolute atomic E-state index is 0.0396. The zero-order chi connectivity index (χ0) is 23.1. The second-order valence-corrected chi connectivity index (χ2v) is 8.13. The first-order valence-corrected chi connectivity index (χ1v) is 10.6. The van der Waals surface area contributed by atoms with Crippen LogP contribution >= 0.6 is 0 Å².